The second-order valence-corrected chi connectivity index (χ2v) is 7.80. The monoisotopic (exact) mass is 395 g/mol. The van der Waals surface area contributed by atoms with Crippen LogP contribution in [0.3, 0.4) is 0 Å². The van der Waals surface area contributed by atoms with Gasteiger partial charge in [-0.2, -0.15) is 5.10 Å². The lowest BCUT2D eigenvalue weighted by Crippen LogP contribution is -2.54. The summed E-state index contributed by atoms with van der Waals surface area (Å²) in [5.41, 5.74) is 0.535. The number of aromatic nitrogens is 4. The van der Waals surface area contributed by atoms with E-state index >= 15 is 0 Å². The molecule has 1 atom stereocenters. The van der Waals surface area contributed by atoms with Gasteiger partial charge in [0.1, 0.15) is 23.1 Å². The molecule has 5 rings (SSSR count). The summed E-state index contributed by atoms with van der Waals surface area (Å²) in [6.07, 6.45) is 3.56. The summed E-state index contributed by atoms with van der Waals surface area (Å²) >= 11 is 0. The molecule has 0 unspecified atom stereocenters. The Bertz CT molecular complexity index is 1040. The maximum atomic E-state index is 12.6. The summed E-state index contributed by atoms with van der Waals surface area (Å²) in [6.45, 7) is 5.11. The van der Waals surface area contributed by atoms with E-state index in [2.05, 4.69) is 21.9 Å². The van der Waals surface area contributed by atoms with Gasteiger partial charge in [0, 0.05) is 26.3 Å². The minimum Gasteiger partial charge on any atom is -0.488 e. The number of H-pyrrole nitrogens is 1. The minimum atomic E-state index is -0.132. The Hall–Kier alpha value is -2.71. The van der Waals surface area contributed by atoms with Crippen molar-refractivity contribution >= 4 is 11.0 Å². The van der Waals surface area contributed by atoms with E-state index in [4.69, 9.17) is 14.5 Å². The van der Waals surface area contributed by atoms with Crippen molar-refractivity contribution in [3.63, 3.8) is 0 Å². The van der Waals surface area contributed by atoms with Gasteiger partial charge < -0.3 is 14.5 Å². The van der Waals surface area contributed by atoms with Crippen LogP contribution < -0.4 is 10.3 Å². The molecule has 2 aromatic heterocycles. The molecule has 0 radical (unpaired) electrons. The molecule has 0 bridgehead atoms. The number of para-hydroxylation sites is 1. The Morgan fingerprint density at radius 2 is 1.97 bits per heavy atom. The normalized spacial score (nSPS) is 19.9. The fraction of sp³-hybridized carbons (Fsp3) is 0.476. The molecule has 2 saturated heterocycles. The molecular weight excluding hydrogens is 370 g/mol. The predicted molar refractivity (Wildman–Crippen MR) is 108 cm³/mol. The van der Waals surface area contributed by atoms with Gasteiger partial charge in [0.2, 0.25) is 0 Å². The van der Waals surface area contributed by atoms with Crippen molar-refractivity contribution in [3.05, 3.63) is 52.7 Å². The van der Waals surface area contributed by atoms with Crippen LogP contribution in [0.5, 0.6) is 5.75 Å². The van der Waals surface area contributed by atoms with Gasteiger partial charge in [-0.05, 0) is 31.9 Å². The molecule has 2 fully saturated rings. The van der Waals surface area contributed by atoms with Gasteiger partial charge in [-0.15, -0.1) is 0 Å². The van der Waals surface area contributed by atoms with E-state index in [9.17, 15) is 4.79 Å². The molecule has 0 amide bonds. The lowest BCUT2D eigenvalue weighted by molar-refractivity contribution is -0.00735. The first-order valence-electron chi connectivity index (χ1n) is 10.2. The molecule has 2 aliphatic heterocycles. The molecule has 29 heavy (non-hydrogen) atoms. The van der Waals surface area contributed by atoms with E-state index in [1.165, 1.54) is 0 Å². The molecule has 0 aliphatic carbocycles. The quantitative estimate of drug-likeness (QED) is 0.714. The number of fused-ring (bicyclic) bond motifs is 1. The van der Waals surface area contributed by atoms with Crippen LogP contribution in [0.25, 0.3) is 11.0 Å². The van der Waals surface area contributed by atoms with Crippen LogP contribution in [0.2, 0.25) is 0 Å². The van der Waals surface area contributed by atoms with Gasteiger partial charge in [-0.3, -0.25) is 9.69 Å². The van der Waals surface area contributed by atoms with E-state index in [1.54, 1.807) is 6.20 Å². The SMILES string of the molecule is C[C@@H](c1nc2c(cnn2C2CCOCC2)c(=O)[nH]1)N1CC(Oc2ccccc2)C1. The second kappa shape index (κ2) is 7.61. The zero-order valence-corrected chi connectivity index (χ0v) is 16.5. The first-order chi connectivity index (χ1) is 14.2. The summed E-state index contributed by atoms with van der Waals surface area (Å²) in [6, 6.07) is 10.1. The summed E-state index contributed by atoms with van der Waals surface area (Å²) < 4.78 is 13.3. The summed E-state index contributed by atoms with van der Waals surface area (Å²) in [4.78, 5) is 22.6. The molecule has 8 nitrogen and oxygen atoms in total. The van der Waals surface area contributed by atoms with Crippen LogP contribution in [0.4, 0.5) is 0 Å². The Balaban J connectivity index is 1.33. The van der Waals surface area contributed by atoms with Crippen LogP contribution in [0.1, 0.15) is 37.7 Å². The molecule has 0 saturated carbocycles. The smallest absolute Gasteiger partial charge is 0.262 e. The highest BCUT2D eigenvalue weighted by atomic mass is 16.5. The third kappa shape index (κ3) is 3.54. The molecular formula is C21H25N5O3. The number of ether oxygens (including phenoxy) is 2. The van der Waals surface area contributed by atoms with E-state index in [1.807, 2.05) is 35.0 Å². The molecule has 1 aromatic carbocycles. The third-order valence-electron chi connectivity index (χ3n) is 5.88. The van der Waals surface area contributed by atoms with Crippen LogP contribution in [0, 0.1) is 0 Å². The fourth-order valence-electron chi connectivity index (χ4n) is 4.07. The average Bonchev–Trinajstić information content (AvgIpc) is 3.16. The minimum absolute atomic E-state index is 0.000706. The van der Waals surface area contributed by atoms with Crippen LogP contribution in [-0.4, -0.2) is 57.1 Å². The number of nitrogens with one attached hydrogen (secondary N) is 1. The van der Waals surface area contributed by atoms with Gasteiger partial charge in [0.25, 0.3) is 5.56 Å². The topological polar surface area (TPSA) is 85.3 Å². The second-order valence-electron chi connectivity index (χ2n) is 7.80. The maximum absolute atomic E-state index is 12.6. The predicted octanol–water partition coefficient (Wildman–Crippen LogP) is 2.30. The van der Waals surface area contributed by atoms with Gasteiger partial charge in [0.15, 0.2) is 5.65 Å². The summed E-state index contributed by atoms with van der Waals surface area (Å²) in [7, 11) is 0. The standard InChI is InChI=1S/C21H25N5O3/c1-14(25-12-17(13-25)29-16-5-3-2-4-6-16)19-23-20-18(21(27)24-19)11-22-26(20)15-7-9-28-10-8-15/h2-6,11,14-15,17H,7-10,12-13H2,1H3,(H,23,24,27)/t14-/m0/s1. The van der Waals surface area contributed by atoms with Gasteiger partial charge in [-0.25, -0.2) is 9.67 Å². The van der Waals surface area contributed by atoms with Crippen LogP contribution in [-0.2, 0) is 4.74 Å². The highest BCUT2D eigenvalue weighted by molar-refractivity contribution is 5.73. The number of hydrogen-bond donors (Lipinski definition) is 1. The number of likely N-dealkylation sites (tertiary alicyclic amines) is 1. The van der Waals surface area contributed by atoms with E-state index in [-0.39, 0.29) is 23.7 Å². The summed E-state index contributed by atoms with van der Waals surface area (Å²) in [5.74, 6) is 1.56. The highest BCUT2D eigenvalue weighted by Crippen LogP contribution is 2.27. The first kappa shape index (κ1) is 18.3. The zero-order valence-electron chi connectivity index (χ0n) is 16.5. The summed E-state index contributed by atoms with van der Waals surface area (Å²) in [5, 5.41) is 5.01. The van der Waals surface area contributed by atoms with Gasteiger partial charge in [-0.1, -0.05) is 18.2 Å². The number of aromatic amines is 1. The molecule has 0 spiro atoms. The van der Waals surface area contributed by atoms with Gasteiger partial charge >= 0.3 is 0 Å². The Labute approximate surface area is 168 Å². The fourth-order valence-corrected chi connectivity index (χ4v) is 4.07. The Morgan fingerprint density at radius 3 is 2.72 bits per heavy atom. The van der Waals surface area contributed by atoms with Crippen molar-refractivity contribution < 1.29 is 9.47 Å². The van der Waals surface area contributed by atoms with Crippen molar-refractivity contribution in [3.8, 4) is 5.75 Å². The van der Waals surface area contributed by atoms with Crippen LogP contribution >= 0.6 is 0 Å². The van der Waals surface area contributed by atoms with Crippen molar-refractivity contribution in [2.24, 2.45) is 0 Å². The number of nitrogens with zero attached hydrogens (tertiary/aromatic N) is 4. The Kier molecular flexibility index (Phi) is 4.81. The van der Waals surface area contributed by atoms with Crippen molar-refractivity contribution in [2.45, 2.75) is 38.0 Å². The molecule has 152 valence electrons. The Morgan fingerprint density at radius 1 is 1.21 bits per heavy atom. The van der Waals surface area contributed by atoms with Crippen LogP contribution in [0.15, 0.2) is 41.3 Å². The van der Waals surface area contributed by atoms with Gasteiger partial charge in [0.05, 0.1) is 18.3 Å². The lowest BCUT2D eigenvalue weighted by Gasteiger charge is -2.42. The highest BCUT2D eigenvalue weighted by Gasteiger charge is 2.34. The zero-order chi connectivity index (χ0) is 19.8. The van der Waals surface area contributed by atoms with E-state index in [0.717, 1.165) is 44.9 Å². The average molecular weight is 395 g/mol. The first-order valence-corrected chi connectivity index (χ1v) is 10.2. The van der Waals surface area contributed by atoms with E-state index < -0.39 is 0 Å². The molecule has 4 heterocycles. The molecule has 2 aliphatic rings. The molecule has 3 aromatic rings. The molecule has 1 N–H and O–H groups in total. The largest absolute Gasteiger partial charge is 0.488 e. The maximum Gasteiger partial charge on any atom is 0.262 e. The van der Waals surface area contributed by atoms with Crippen molar-refractivity contribution in [1.29, 1.82) is 0 Å². The molecule has 8 heteroatoms. The lowest BCUT2D eigenvalue weighted by atomic mass is 10.1. The number of hydrogen-bond acceptors (Lipinski definition) is 6. The van der Waals surface area contributed by atoms with E-state index in [0.29, 0.717) is 16.9 Å². The third-order valence-corrected chi connectivity index (χ3v) is 5.88. The number of rotatable bonds is 5. The van der Waals surface area contributed by atoms with Crippen molar-refractivity contribution in [2.75, 3.05) is 26.3 Å². The van der Waals surface area contributed by atoms with Crippen molar-refractivity contribution in [1.82, 2.24) is 24.6 Å². The number of benzene rings is 1.